The van der Waals surface area contributed by atoms with Gasteiger partial charge in [-0.2, -0.15) is 0 Å². The first kappa shape index (κ1) is 18.1. The highest BCUT2D eigenvalue weighted by atomic mass is 16.5. The fourth-order valence-electron chi connectivity index (χ4n) is 2.82. The lowest BCUT2D eigenvalue weighted by molar-refractivity contribution is -0.127. The summed E-state index contributed by atoms with van der Waals surface area (Å²) < 4.78 is 11.7. The third-order valence-electron chi connectivity index (χ3n) is 4.25. The zero-order valence-corrected chi connectivity index (χ0v) is 15.3. The van der Waals surface area contributed by atoms with Crippen molar-refractivity contribution >= 4 is 5.91 Å². The fraction of sp³-hybridized carbons (Fsp3) is 0.737. The molecule has 0 radical (unpaired) electrons. The molecule has 4 nitrogen and oxygen atoms in total. The van der Waals surface area contributed by atoms with Crippen molar-refractivity contribution in [2.75, 3.05) is 13.1 Å². The van der Waals surface area contributed by atoms with E-state index in [4.69, 9.17) is 9.15 Å². The topological polar surface area (TPSA) is 42.7 Å². The maximum absolute atomic E-state index is 11.7. The van der Waals surface area contributed by atoms with Gasteiger partial charge in [-0.1, -0.05) is 13.8 Å². The van der Waals surface area contributed by atoms with Crippen LogP contribution in [-0.4, -0.2) is 29.5 Å². The van der Waals surface area contributed by atoms with Crippen LogP contribution < -0.4 is 0 Å². The molecule has 0 spiro atoms. The van der Waals surface area contributed by atoms with Crippen LogP contribution in [-0.2, 0) is 22.6 Å². The number of nitrogens with zero attached hydrogens (tertiary/aromatic N) is 1. The van der Waals surface area contributed by atoms with Crippen LogP contribution in [0.25, 0.3) is 0 Å². The molecular formula is C19H31NO3. The van der Waals surface area contributed by atoms with Crippen molar-refractivity contribution in [1.29, 1.82) is 0 Å². The SMILES string of the molecule is CC(C)(CCN1CCCC1=O)Cc1ccc(COC(C)(C)C)o1. The third-order valence-corrected chi connectivity index (χ3v) is 4.25. The molecular weight excluding hydrogens is 290 g/mol. The summed E-state index contributed by atoms with van der Waals surface area (Å²) in [6.45, 7) is 12.9. The first-order valence-corrected chi connectivity index (χ1v) is 8.64. The van der Waals surface area contributed by atoms with Gasteiger partial charge >= 0.3 is 0 Å². The predicted octanol–water partition coefficient (Wildman–Crippen LogP) is 4.18. The van der Waals surface area contributed by atoms with E-state index in [1.807, 2.05) is 37.8 Å². The Morgan fingerprint density at radius 2 is 1.87 bits per heavy atom. The van der Waals surface area contributed by atoms with Crippen molar-refractivity contribution < 1.29 is 13.9 Å². The smallest absolute Gasteiger partial charge is 0.222 e. The van der Waals surface area contributed by atoms with E-state index < -0.39 is 0 Å². The van der Waals surface area contributed by atoms with Crippen molar-refractivity contribution in [2.45, 2.75) is 72.5 Å². The van der Waals surface area contributed by atoms with Crippen LogP contribution >= 0.6 is 0 Å². The maximum Gasteiger partial charge on any atom is 0.222 e. The molecule has 1 aromatic rings. The Morgan fingerprint density at radius 1 is 1.17 bits per heavy atom. The number of ether oxygens (including phenoxy) is 1. The summed E-state index contributed by atoms with van der Waals surface area (Å²) >= 11 is 0. The molecule has 0 aromatic carbocycles. The minimum absolute atomic E-state index is 0.114. The number of amides is 1. The summed E-state index contributed by atoms with van der Waals surface area (Å²) in [5.74, 6) is 2.18. The van der Waals surface area contributed by atoms with Gasteiger partial charge in [0.1, 0.15) is 18.1 Å². The number of furan rings is 1. The van der Waals surface area contributed by atoms with Gasteiger partial charge in [0.25, 0.3) is 0 Å². The van der Waals surface area contributed by atoms with Crippen molar-refractivity contribution in [1.82, 2.24) is 4.90 Å². The highest BCUT2D eigenvalue weighted by Crippen LogP contribution is 2.28. The first-order valence-electron chi connectivity index (χ1n) is 8.64. The fourth-order valence-corrected chi connectivity index (χ4v) is 2.82. The van der Waals surface area contributed by atoms with Crippen LogP contribution in [0.3, 0.4) is 0 Å². The number of rotatable bonds is 7. The van der Waals surface area contributed by atoms with Crippen LogP contribution in [0.1, 0.15) is 65.4 Å². The van der Waals surface area contributed by atoms with Crippen LogP contribution in [0.15, 0.2) is 16.5 Å². The molecule has 1 saturated heterocycles. The molecule has 2 rings (SSSR count). The van der Waals surface area contributed by atoms with Crippen molar-refractivity contribution in [2.24, 2.45) is 5.41 Å². The standard InChI is InChI=1S/C19H31NO3/c1-18(2,3)22-14-16-9-8-15(23-16)13-19(4,5)10-12-20-11-6-7-17(20)21/h8-9H,6-7,10-14H2,1-5H3. The number of hydrogen-bond donors (Lipinski definition) is 0. The Bertz CT molecular complexity index is 525. The lowest BCUT2D eigenvalue weighted by Crippen LogP contribution is -2.30. The molecule has 0 unspecified atom stereocenters. The molecule has 1 aliphatic rings. The van der Waals surface area contributed by atoms with E-state index in [1.54, 1.807) is 0 Å². The van der Waals surface area contributed by atoms with E-state index >= 15 is 0 Å². The lowest BCUT2D eigenvalue weighted by atomic mass is 9.84. The number of likely N-dealkylation sites (tertiary alicyclic amines) is 1. The second-order valence-electron chi connectivity index (χ2n) is 8.34. The average Bonchev–Trinajstić information content (AvgIpc) is 3.02. The summed E-state index contributed by atoms with van der Waals surface area (Å²) in [5, 5.41) is 0. The summed E-state index contributed by atoms with van der Waals surface area (Å²) in [6, 6.07) is 4.05. The lowest BCUT2D eigenvalue weighted by Gasteiger charge is -2.26. The van der Waals surface area contributed by atoms with Gasteiger partial charge in [0, 0.05) is 25.9 Å². The van der Waals surface area contributed by atoms with Gasteiger partial charge in [0.15, 0.2) is 0 Å². The van der Waals surface area contributed by atoms with Gasteiger partial charge in [-0.3, -0.25) is 4.79 Å². The molecule has 0 saturated carbocycles. The Morgan fingerprint density at radius 3 is 2.48 bits per heavy atom. The Balaban J connectivity index is 1.82. The van der Waals surface area contributed by atoms with Gasteiger partial charge in [-0.05, 0) is 51.2 Å². The van der Waals surface area contributed by atoms with E-state index in [1.165, 1.54) is 0 Å². The van der Waals surface area contributed by atoms with Crippen LogP contribution in [0.4, 0.5) is 0 Å². The Kier molecular flexibility index (Phi) is 5.56. The molecule has 1 aliphatic heterocycles. The zero-order valence-electron chi connectivity index (χ0n) is 15.3. The molecule has 0 bridgehead atoms. The van der Waals surface area contributed by atoms with E-state index in [9.17, 15) is 4.79 Å². The van der Waals surface area contributed by atoms with Crippen molar-refractivity contribution in [3.63, 3.8) is 0 Å². The molecule has 4 heteroatoms. The minimum atomic E-state index is -0.158. The summed E-state index contributed by atoms with van der Waals surface area (Å²) in [6.07, 6.45) is 3.60. The number of carbonyl (C=O) groups excluding carboxylic acids is 1. The molecule has 130 valence electrons. The minimum Gasteiger partial charge on any atom is -0.464 e. The normalized spacial score (nSPS) is 16.4. The third kappa shape index (κ3) is 6.02. The van der Waals surface area contributed by atoms with Gasteiger partial charge in [-0.15, -0.1) is 0 Å². The summed E-state index contributed by atoms with van der Waals surface area (Å²) in [5.41, 5.74) is -0.0443. The zero-order chi connectivity index (χ0) is 17.1. The quantitative estimate of drug-likeness (QED) is 0.757. The molecule has 0 aliphatic carbocycles. The van der Waals surface area contributed by atoms with Crippen LogP contribution in [0, 0.1) is 5.41 Å². The van der Waals surface area contributed by atoms with Crippen LogP contribution in [0.2, 0.25) is 0 Å². The molecule has 1 aromatic heterocycles. The molecule has 0 N–H and O–H groups in total. The number of hydrogen-bond acceptors (Lipinski definition) is 3. The second kappa shape index (κ2) is 7.08. The van der Waals surface area contributed by atoms with E-state index in [2.05, 4.69) is 13.8 Å². The maximum atomic E-state index is 11.7. The predicted molar refractivity (Wildman–Crippen MR) is 91.2 cm³/mol. The number of carbonyl (C=O) groups is 1. The summed E-state index contributed by atoms with van der Waals surface area (Å²) in [4.78, 5) is 13.7. The van der Waals surface area contributed by atoms with Gasteiger partial charge in [-0.25, -0.2) is 0 Å². The van der Waals surface area contributed by atoms with Gasteiger partial charge < -0.3 is 14.1 Å². The van der Waals surface area contributed by atoms with E-state index in [0.29, 0.717) is 12.5 Å². The van der Waals surface area contributed by atoms with Gasteiger partial charge in [0.05, 0.1) is 5.60 Å². The van der Waals surface area contributed by atoms with Crippen molar-refractivity contribution in [3.8, 4) is 0 Å². The van der Waals surface area contributed by atoms with Crippen molar-refractivity contribution in [3.05, 3.63) is 23.7 Å². The largest absolute Gasteiger partial charge is 0.464 e. The van der Waals surface area contributed by atoms with E-state index in [0.717, 1.165) is 50.3 Å². The van der Waals surface area contributed by atoms with E-state index in [-0.39, 0.29) is 11.0 Å². The average molecular weight is 321 g/mol. The molecule has 2 heterocycles. The van der Waals surface area contributed by atoms with Gasteiger partial charge in [0.2, 0.25) is 5.91 Å². The molecule has 1 amide bonds. The Hall–Kier alpha value is -1.29. The monoisotopic (exact) mass is 321 g/mol. The second-order valence-corrected chi connectivity index (χ2v) is 8.34. The molecule has 23 heavy (non-hydrogen) atoms. The van der Waals surface area contributed by atoms with Crippen LogP contribution in [0.5, 0.6) is 0 Å². The summed E-state index contributed by atoms with van der Waals surface area (Å²) in [7, 11) is 0. The highest BCUT2D eigenvalue weighted by Gasteiger charge is 2.25. The highest BCUT2D eigenvalue weighted by molar-refractivity contribution is 5.77. The Labute approximate surface area is 140 Å². The molecule has 1 fully saturated rings. The molecule has 0 atom stereocenters. The first-order chi connectivity index (χ1) is 10.6.